The fraction of sp³-hybridized carbons (Fsp3) is 0.294. The molecule has 0 bridgehead atoms. The molecule has 1 amide bonds. The zero-order chi connectivity index (χ0) is 16.5. The SMILES string of the molecule is N=C1NC(=O)C(=Cc2ccc3nc(C4CCNCC4)ncc3c2)S1. The van der Waals surface area contributed by atoms with Gasteiger partial charge in [0, 0.05) is 17.5 Å². The van der Waals surface area contributed by atoms with Gasteiger partial charge in [-0.25, -0.2) is 9.97 Å². The number of hydrogen-bond acceptors (Lipinski definition) is 6. The zero-order valence-electron chi connectivity index (χ0n) is 13.0. The Morgan fingerprint density at radius 3 is 2.88 bits per heavy atom. The molecule has 0 saturated carbocycles. The predicted octanol–water partition coefficient (Wildman–Crippen LogP) is 2.24. The Hall–Kier alpha value is -2.25. The lowest BCUT2D eigenvalue weighted by Gasteiger charge is -2.21. The van der Waals surface area contributed by atoms with Crippen molar-refractivity contribution in [3.8, 4) is 0 Å². The number of fused-ring (bicyclic) bond motifs is 1. The molecule has 0 unspecified atom stereocenters. The van der Waals surface area contributed by atoms with Gasteiger partial charge in [-0.05, 0) is 61.5 Å². The van der Waals surface area contributed by atoms with Crippen LogP contribution in [0.3, 0.4) is 0 Å². The summed E-state index contributed by atoms with van der Waals surface area (Å²) < 4.78 is 0. The molecule has 2 aromatic rings. The van der Waals surface area contributed by atoms with Crippen molar-refractivity contribution in [1.82, 2.24) is 20.6 Å². The molecule has 1 aromatic carbocycles. The first-order valence-electron chi connectivity index (χ1n) is 7.96. The summed E-state index contributed by atoms with van der Waals surface area (Å²) in [5, 5.41) is 14.5. The maximum atomic E-state index is 11.7. The quantitative estimate of drug-likeness (QED) is 0.730. The van der Waals surface area contributed by atoms with Crippen LogP contribution in [0.4, 0.5) is 0 Å². The largest absolute Gasteiger partial charge is 0.317 e. The number of piperidine rings is 1. The van der Waals surface area contributed by atoms with Crippen LogP contribution in [0.15, 0.2) is 29.3 Å². The molecule has 3 N–H and O–H groups in total. The van der Waals surface area contributed by atoms with Gasteiger partial charge in [0.1, 0.15) is 5.82 Å². The van der Waals surface area contributed by atoms with Gasteiger partial charge in [-0.2, -0.15) is 0 Å². The number of aromatic nitrogens is 2. The topological polar surface area (TPSA) is 90.8 Å². The van der Waals surface area contributed by atoms with Crippen molar-refractivity contribution >= 4 is 39.8 Å². The van der Waals surface area contributed by atoms with Gasteiger partial charge in [0.25, 0.3) is 5.91 Å². The van der Waals surface area contributed by atoms with Gasteiger partial charge in [0.2, 0.25) is 0 Å². The van der Waals surface area contributed by atoms with Crippen LogP contribution in [-0.2, 0) is 4.79 Å². The normalized spacial score (nSPS) is 20.8. The lowest BCUT2D eigenvalue weighted by molar-refractivity contribution is -0.115. The second-order valence-electron chi connectivity index (χ2n) is 5.96. The summed E-state index contributed by atoms with van der Waals surface area (Å²) in [5.41, 5.74) is 1.84. The molecule has 0 spiro atoms. The maximum absolute atomic E-state index is 11.7. The Labute approximate surface area is 143 Å². The van der Waals surface area contributed by atoms with Crippen LogP contribution in [0.2, 0.25) is 0 Å². The van der Waals surface area contributed by atoms with Gasteiger partial charge in [0.05, 0.1) is 10.4 Å². The molecule has 2 aliphatic rings. The Bertz CT molecular complexity index is 857. The number of amidine groups is 1. The summed E-state index contributed by atoms with van der Waals surface area (Å²) >= 11 is 1.14. The molecule has 4 rings (SSSR count). The first-order chi connectivity index (χ1) is 11.7. The fourth-order valence-corrected chi connectivity index (χ4v) is 3.73. The summed E-state index contributed by atoms with van der Waals surface area (Å²) in [6, 6.07) is 5.89. The van der Waals surface area contributed by atoms with Crippen LogP contribution in [-0.4, -0.2) is 34.1 Å². The lowest BCUT2D eigenvalue weighted by Crippen LogP contribution is -2.27. The van der Waals surface area contributed by atoms with Crippen LogP contribution < -0.4 is 10.6 Å². The van der Waals surface area contributed by atoms with E-state index in [9.17, 15) is 4.79 Å². The summed E-state index contributed by atoms with van der Waals surface area (Å²) in [4.78, 5) is 21.5. The first-order valence-corrected chi connectivity index (χ1v) is 8.77. The number of rotatable bonds is 2. The monoisotopic (exact) mass is 339 g/mol. The average Bonchev–Trinajstić information content (AvgIpc) is 2.92. The third kappa shape index (κ3) is 3.05. The van der Waals surface area contributed by atoms with E-state index in [1.54, 1.807) is 6.08 Å². The highest BCUT2D eigenvalue weighted by molar-refractivity contribution is 8.18. The molecule has 1 aromatic heterocycles. The highest BCUT2D eigenvalue weighted by Crippen LogP contribution is 2.27. The molecule has 0 aliphatic carbocycles. The van der Waals surface area contributed by atoms with E-state index in [0.29, 0.717) is 10.8 Å². The van der Waals surface area contributed by atoms with Crippen molar-refractivity contribution < 1.29 is 4.79 Å². The maximum Gasteiger partial charge on any atom is 0.264 e. The van der Waals surface area contributed by atoms with E-state index in [1.165, 1.54) is 0 Å². The number of nitrogens with one attached hydrogen (secondary N) is 3. The van der Waals surface area contributed by atoms with Crippen molar-refractivity contribution in [3.05, 3.63) is 40.7 Å². The molecule has 0 atom stereocenters. The van der Waals surface area contributed by atoms with Crippen LogP contribution >= 0.6 is 11.8 Å². The number of nitrogens with zero attached hydrogens (tertiary/aromatic N) is 2. The molecular weight excluding hydrogens is 322 g/mol. The Morgan fingerprint density at radius 2 is 2.12 bits per heavy atom. The molecule has 3 heterocycles. The number of amides is 1. The van der Waals surface area contributed by atoms with Gasteiger partial charge in [-0.3, -0.25) is 10.2 Å². The Kier molecular flexibility index (Phi) is 4.03. The smallest absolute Gasteiger partial charge is 0.264 e. The van der Waals surface area contributed by atoms with E-state index in [2.05, 4.69) is 15.6 Å². The number of hydrogen-bond donors (Lipinski definition) is 3. The first kappa shape index (κ1) is 15.3. The standard InChI is InChI=1S/C17H17N5OS/c18-17-22-16(23)14(24-17)8-10-1-2-13-12(7-10)9-20-15(21-13)11-3-5-19-6-4-11/h1-2,7-9,11,19H,3-6H2,(H2,18,22,23). The van der Waals surface area contributed by atoms with Crippen molar-refractivity contribution in [2.45, 2.75) is 18.8 Å². The minimum Gasteiger partial charge on any atom is -0.317 e. The third-order valence-electron chi connectivity index (χ3n) is 4.29. The molecular formula is C17H17N5OS. The van der Waals surface area contributed by atoms with Crippen LogP contribution in [0, 0.1) is 5.41 Å². The second-order valence-corrected chi connectivity index (χ2v) is 7.02. The van der Waals surface area contributed by atoms with E-state index in [4.69, 9.17) is 10.4 Å². The van der Waals surface area contributed by atoms with E-state index >= 15 is 0 Å². The minimum absolute atomic E-state index is 0.169. The van der Waals surface area contributed by atoms with Crippen LogP contribution in [0.25, 0.3) is 17.0 Å². The van der Waals surface area contributed by atoms with Gasteiger partial charge in [0.15, 0.2) is 5.17 Å². The Morgan fingerprint density at radius 1 is 1.29 bits per heavy atom. The lowest BCUT2D eigenvalue weighted by atomic mass is 9.97. The highest BCUT2D eigenvalue weighted by Gasteiger charge is 2.22. The number of benzene rings is 1. The predicted molar refractivity (Wildman–Crippen MR) is 95.8 cm³/mol. The van der Waals surface area contributed by atoms with E-state index < -0.39 is 0 Å². The Balaban J connectivity index is 1.63. The van der Waals surface area contributed by atoms with Gasteiger partial charge < -0.3 is 10.6 Å². The molecule has 122 valence electrons. The van der Waals surface area contributed by atoms with Gasteiger partial charge >= 0.3 is 0 Å². The van der Waals surface area contributed by atoms with Crippen LogP contribution in [0.1, 0.15) is 30.1 Å². The van der Waals surface area contributed by atoms with Crippen molar-refractivity contribution in [2.75, 3.05) is 13.1 Å². The molecule has 2 aliphatic heterocycles. The number of carbonyl (C=O) groups excluding carboxylic acids is 1. The minimum atomic E-state index is -0.220. The average molecular weight is 339 g/mol. The third-order valence-corrected chi connectivity index (χ3v) is 5.12. The van der Waals surface area contributed by atoms with Gasteiger partial charge in [-0.15, -0.1) is 0 Å². The van der Waals surface area contributed by atoms with Crippen LogP contribution in [0.5, 0.6) is 0 Å². The van der Waals surface area contributed by atoms with Crippen molar-refractivity contribution in [1.29, 1.82) is 5.41 Å². The zero-order valence-corrected chi connectivity index (χ0v) is 13.8. The molecule has 2 saturated heterocycles. The molecule has 7 heteroatoms. The molecule has 6 nitrogen and oxygen atoms in total. The summed E-state index contributed by atoms with van der Waals surface area (Å²) in [6.07, 6.45) is 5.81. The number of carbonyl (C=O) groups is 1. The molecule has 2 fully saturated rings. The highest BCUT2D eigenvalue weighted by atomic mass is 32.2. The van der Waals surface area contributed by atoms with E-state index in [0.717, 1.165) is 60.0 Å². The van der Waals surface area contributed by atoms with E-state index in [1.807, 2.05) is 24.4 Å². The summed E-state index contributed by atoms with van der Waals surface area (Å²) in [7, 11) is 0. The molecule has 24 heavy (non-hydrogen) atoms. The summed E-state index contributed by atoms with van der Waals surface area (Å²) in [5.74, 6) is 1.14. The van der Waals surface area contributed by atoms with Crippen molar-refractivity contribution in [3.63, 3.8) is 0 Å². The molecule has 0 radical (unpaired) electrons. The van der Waals surface area contributed by atoms with Crippen molar-refractivity contribution in [2.24, 2.45) is 0 Å². The fourth-order valence-electron chi connectivity index (χ4n) is 3.03. The van der Waals surface area contributed by atoms with Gasteiger partial charge in [-0.1, -0.05) is 6.07 Å². The second kappa shape index (κ2) is 6.33. The number of thioether (sulfide) groups is 1. The summed E-state index contributed by atoms with van der Waals surface area (Å²) in [6.45, 7) is 2.04. The van der Waals surface area contributed by atoms with E-state index in [-0.39, 0.29) is 11.1 Å².